The Hall–Kier alpha value is -3.19. The predicted octanol–water partition coefficient (Wildman–Crippen LogP) is 4.15. The van der Waals surface area contributed by atoms with E-state index in [4.69, 9.17) is 9.26 Å². The largest absolute Gasteiger partial charge is 0.491 e. The van der Waals surface area contributed by atoms with Gasteiger partial charge in [0.2, 0.25) is 17.6 Å². The lowest BCUT2D eigenvalue weighted by Crippen LogP contribution is -2.44. The Morgan fingerprint density at radius 3 is 2.61 bits per heavy atom. The van der Waals surface area contributed by atoms with E-state index in [1.807, 2.05) is 62.4 Å². The average Bonchev–Trinajstić information content (AvgIpc) is 3.28. The minimum absolute atomic E-state index is 0.0213. The molecular weight excluding hydrogens is 416 g/mol. The van der Waals surface area contributed by atoms with Gasteiger partial charge in [0.1, 0.15) is 12.4 Å². The maximum atomic E-state index is 12.7. The van der Waals surface area contributed by atoms with E-state index < -0.39 is 0 Å². The van der Waals surface area contributed by atoms with Crippen LogP contribution in [-0.4, -0.2) is 46.7 Å². The number of likely N-dealkylation sites (tertiary alicyclic amines) is 1. The topological polar surface area (TPSA) is 80.5 Å². The Balaban J connectivity index is 1.20. The quantitative estimate of drug-likeness (QED) is 0.558. The van der Waals surface area contributed by atoms with Gasteiger partial charge >= 0.3 is 0 Å². The standard InChI is InChI=1S/C26H32N4O3/c1-18-8-10-21(11-9-18)25-28-24(33-29-25)16-30-14-12-22(13-15-30)26(31)27-20(3)17-32-23-7-5-4-6-19(23)2/h4-11,20,22H,12-17H2,1-3H3,(H,27,31). The Bertz CT molecular complexity index is 1060. The summed E-state index contributed by atoms with van der Waals surface area (Å²) in [4.78, 5) is 19.5. The van der Waals surface area contributed by atoms with Gasteiger partial charge in [-0.1, -0.05) is 53.2 Å². The van der Waals surface area contributed by atoms with Crippen LogP contribution in [-0.2, 0) is 11.3 Å². The number of hydrogen-bond donors (Lipinski definition) is 1. The number of hydrogen-bond acceptors (Lipinski definition) is 6. The first kappa shape index (κ1) is 23.0. The number of piperidine rings is 1. The summed E-state index contributed by atoms with van der Waals surface area (Å²) < 4.78 is 11.3. The van der Waals surface area contributed by atoms with Crippen LogP contribution in [0, 0.1) is 19.8 Å². The van der Waals surface area contributed by atoms with Crippen LogP contribution < -0.4 is 10.1 Å². The summed E-state index contributed by atoms with van der Waals surface area (Å²) in [5, 5.41) is 7.22. The normalized spacial score (nSPS) is 15.8. The molecule has 3 aromatic rings. The zero-order valence-electron chi connectivity index (χ0n) is 19.6. The van der Waals surface area contributed by atoms with Crippen molar-refractivity contribution in [3.8, 4) is 17.1 Å². The molecule has 0 spiro atoms. The highest BCUT2D eigenvalue weighted by Crippen LogP contribution is 2.21. The van der Waals surface area contributed by atoms with Gasteiger partial charge in [-0.2, -0.15) is 4.98 Å². The van der Waals surface area contributed by atoms with Gasteiger partial charge in [0.25, 0.3) is 0 Å². The van der Waals surface area contributed by atoms with E-state index in [0.717, 1.165) is 42.8 Å². The monoisotopic (exact) mass is 448 g/mol. The van der Waals surface area contributed by atoms with Crippen LogP contribution >= 0.6 is 0 Å². The Morgan fingerprint density at radius 2 is 1.88 bits per heavy atom. The molecule has 2 aromatic carbocycles. The molecule has 2 heterocycles. The van der Waals surface area contributed by atoms with Crippen LogP contribution in [0.15, 0.2) is 53.1 Å². The van der Waals surface area contributed by atoms with Crippen molar-refractivity contribution in [1.29, 1.82) is 0 Å². The maximum Gasteiger partial charge on any atom is 0.241 e. The van der Waals surface area contributed by atoms with Crippen molar-refractivity contribution in [1.82, 2.24) is 20.4 Å². The second-order valence-corrected chi connectivity index (χ2v) is 8.91. The molecule has 4 rings (SSSR count). The number of aryl methyl sites for hydroxylation is 2. The molecule has 1 aliphatic heterocycles. The van der Waals surface area contributed by atoms with E-state index in [-0.39, 0.29) is 17.9 Å². The molecule has 7 heteroatoms. The molecule has 0 bridgehead atoms. The minimum Gasteiger partial charge on any atom is -0.491 e. The second kappa shape index (κ2) is 10.6. The highest BCUT2D eigenvalue weighted by molar-refractivity contribution is 5.79. The van der Waals surface area contributed by atoms with Gasteiger partial charge in [-0.05, 0) is 58.3 Å². The molecule has 174 valence electrons. The molecular formula is C26H32N4O3. The van der Waals surface area contributed by atoms with Crippen molar-refractivity contribution in [2.45, 2.75) is 46.2 Å². The van der Waals surface area contributed by atoms with E-state index in [9.17, 15) is 4.79 Å². The molecule has 0 radical (unpaired) electrons. The Morgan fingerprint density at radius 1 is 1.15 bits per heavy atom. The molecule has 1 atom stereocenters. The van der Waals surface area contributed by atoms with Gasteiger partial charge in [0.05, 0.1) is 12.6 Å². The molecule has 1 fully saturated rings. The van der Waals surface area contributed by atoms with Crippen LogP contribution in [0.4, 0.5) is 0 Å². The number of para-hydroxylation sites is 1. The number of carbonyl (C=O) groups is 1. The van der Waals surface area contributed by atoms with Gasteiger partial charge in [-0.3, -0.25) is 9.69 Å². The number of ether oxygens (including phenoxy) is 1. The van der Waals surface area contributed by atoms with Crippen LogP contribution in [0.2, 0.25) is 0 Å². The summed E-state index contributed by atoms with van der Waals surface area (Å²) in [6.45, 7) is 8.76. The van der Waals surface area contributed by atoms with E-state index >= 15 is 0 Å². The van der Waals surface area contributed by atoms with Crippen LogP contribution in [0.25, 0.3) is 11.4 Å². The zero-order valence-corrected chi connectivity index (χ0v) is 19.6. The van der Waals surface area contributed by atoms with Gasteiger partial charge < -0.3 is 14.6 Å². The molecule has 1 aliphatic rings. The summed E-state index contributed by atoms with van der Waals surface area (Å²) in [6.07, 6.45) is 1.63. The molecule has 0 saturated carbocycles. The first-order valence-corrected chi connectivity index (χ1v) is 11.6. The maximum absolute atomic E-state index is 12.7. The molecule has 1 N–H and O–H groups in total. The number of nitrogens with zero attached hydrogens (tertiary/aromatic N) is 3. The van der Waals surface area contributed by atoms with Gasteiger partial charge in [0.15, 0.2) is 0 Å². The van der Waals surface area contributed by atoms with Gasteiger partial charge in [0, 0.05) is 11.5 Å². The van der Waals surface area contributed by atoms with E-state index in [0.29, 0.717) is 24.9 Å². The van der Waals surface area contributed by atoms with E-state index in [1.54, 1.807) is 0 Å². The summed E-state index contributed by atoms with van der Waals surface area (Å²) in [5.41, 5.74) is 3.24. The summed E-state index contributed by atoms with van der Waals surface area (Å²) >= 11 is 0. The number of carbonyl (C=O) groups excluding carboxylic acids is 1. The van der Waals surface area contributed by atoms with Crippen molar-refractivity contribution in [2.24, 2.45) is 5.92 Å². The van der Waals surface area contributed by atoms with Crippen molar-refractivity contribution < 1.29 is 14.1 Å². The third-order valence-corrected chi connectivity index (χ3v) is 6.07. The fraction of sp³-hybridized carbons (Fsp3) is 0.423. The Kier molecular flexibility index (Phi) is 7.40. The first-order valence-electron chi connectivity index (χ1n) is 11.6. The lowest BCUT2D eigenvalue weighted by molar-refractivity contribution is -0.127. The third kappa shape index (κ3) is 6.20. The second-order valence-electron chi connectivity index (χ2n) is 8.91. The molecule has 0 aliphatic carbocycles. The molecule has 1 saturated heterocycles. The van der Waals surface area contributed by atoms with E-state index in [2.05, 4.69) is 27.3 Å². The number of aromatic nitrogens is 2. The average molecular weight is 449 g/mol. The molecule has 33 heavy (non-hydrogen) atoms. The number of amides is 1. The fourth-order valence-corrected chi connectivity index (χ4v) is 4.02. The molecule has 1 amide bonds. The summed E-state index contributed by atoms with van der Waals surface area (Å²) in [6, 6.07) is 15.9. The van der Waals surface area contributed by atoms with Crippen molar-refractivity contribution in [2.75, 3.05) is 19.7 Å². The number of nitrogens with one attached hydrogen (secondary N) is 1. The number of benzene rings is 2. The highest BCUT2D eigenvalue weighted by Gasteiger charge is 2.27. The predicted molar refractivity (Wildman–Crippen MR) is 127 cm³/mol. The number of rotatable bonds is 8. The smallest absolute Gasteiger partial charge is 0.241 e. The SMILES string of the molecule is Cc1ccc(-c2noc(CN3CCC(C(=O)NC(C)COc4ccccc4C)CC3)n2)cc1. The lowest BCUT2D eigenvalue weighted by atomic mass is 9.95. The van der Waals surface area contributed by atoms with Crippen LogP contribution in [0.1, 0.15) is 36.8 Å². The first-order chi connectivity index (χ1) is 16.0. The molecule has 7 nitrogen and oxygen atoms in total. The van der Waals surface area contributed by atoms with Crippen molar-refractivity contribution in [3.05, 3.63) is 65.5 Å². The van der Waals surface area contributed by atoms with Crippen LogP contribution in [0.3, 0.4) is 0 Å². The third-order valence-electron chi connectivity index (χ3n) is 6.07. The highest BCUT2D eigenvalue weighted by atomic mass is 16.5. The Labute approximate surface area is 195 Å². The van der Waals surface area contributed by atoms with Gasteiger partial charge in [-0.25, -0.2) is 0 Å². The fourth-order valence-electron chi connectivity index (χ4n) is 4.02. The van der Waals surface area contributed by atoms with Crippen molar-refractivity contribution >= 4 is 5.91 Å². The van der Waals surface area contributed by atoms with Gasteiger partial charge in [-0.15, -0.1) is 0 Å². The van der Waals surface area contributed by atoms with E-state index in [1.165, 1.54) is 5.56 Å². The summed E-state index contributed by atoms with van der Waals surface area (Å²) in [7, 11) is 0. The zero-order chi connectivity index (χ0) is 23.2. The lowest BCUT2D eigenvalue weighted by Gasteiger charge is -2.30. The summed E-state index contributed by atoms with van der Waals surface area (Å²) in [5.74, 6) is 2.21. The molecule has 1 aromatic heterocycles. The minimum atomic E-state index is -0.0475. The van der Waals surface area contributed by atoms with Crippen molar-refractivity contribution in [3.63, 3.8) is 0 Å². The molecule has 1 unspecified atom stereocenters. The van der Waals surface area contributed by atoms with Crippen LogP contribution in [0.5, 0.6) is 5.75 Å².